The standard InChI is InChI=1S/C22H36P2.C8H12.CHF3O3S.Rh/c1-5-17-13-14-18(6-2)23(17)21-11-9-10-12-22(21)24-19(7-3)15-16-20(24)8-4;1-2-4-6-8-7-5-3-1;2-1(3,4)8(5,6)7;/h9-12,17-20H,5-8,13-16H2,1-4H3;1-2,7-8H,3-6H2;(H,5,6,7);/p-1/t17-,18-,19-,20-;;;/m1.../s1. The molecule has 2 saturated heterocycles. The summed E-state index contributed by atoms with van der Waals surface area (Å²) < 4.78 is 58.9. The van der Waals surface area contributed by atoms with Gasteiger partial charge in [0.05, 0.1) is 0 Å². The molecule has 2 heterocycles. The van der Waals surface area contributed by atoms with E-state index in [9.17, 15) is 13.2 Å². The minimum absolute atomic E-state index is 0. The summed E-state index contributed by atoms with van der Waals surface area (Å²) in [5, 5.41) is 3.68. The van der Waals surface area contributed by atoms with Gasteiger partial charge in [-0.15, -0.1) is 0 Å². The van der Waals surface area contributed by atoms with Gasteiger partial charge in [-0.25, -0.2) is 8.42 Å². The molecule has 2 fully saturated rings. The molecule has 4 rings (SSSR count). The number of halogens is 3. The maximum atomic E-state index is 10.7. The fraction of sp³-hybridized carbons (Fsp3) is 0.677. The predicted octanol–water partition coefficient (Wildman–Crippen LogP) is 9.32. The number of alkyl halides is 3. The van der Waals surface area contributed by atoms with E-state index >= 15 is 0 Å². The topological polar surface area (TPSA) is 57.2 Å². The van der Waals surface area contributed by atoms with Gasteiger partial charge in [0.25, 0.3) is 0 Å². The predicted molar refractivity (Wildman–Crippen MR) is 167 cm³/mol. The maximum absolute atomic E-state index is 10.7. The molecular weight excluding hydrogens is 674 g/mol. The second-order valence-electron chi connectivity index (χ2n) is 10.7. The van der Waals surface area contributed by atoms with Crippen molar-refractivity contribution >= 4 is 36.6 Å². The molecule has 4 atom stereocenters. The fourth-order valence-corrected chi connectivity index (χ4v) is 14.0. The van der Waals surface area contributed by atoms with Crippen molar-refractivity contribution in [2.45, 2.75) is 133 Å². The van der Waals surface area contributed by atoms with Gasteiger partial charge in [-0.05, 0) is 110 Å². The second kappa shape index (κ2) is 19.3. The maximum Gasteiger partial charge on any atom is 0.485 e. The van der Waals surface area contributed by atoms with E-state index in [-0.39, 0.29) is 35.3 Å². The number of allylic oxidation sites excluding steroid dienone is 4. The third-order valence-corrected chi connectivity index (χ3v) is 16.5. The van der Waals surface area contributed by atoms with Crippen LogP contribution in [-0.2, 0) is 29.6 Å². The molecule has 1 aliphatic carbocycles. The van der Waals surface area contributed by atoms with Crippen LogP contribution in [-0.4, -0.2) is 41.1 Å². The van der Waals surface area contributed by atoms with Crippen molar-refractivity contribution in [3.8, 4) is 0 Å². The van der Waals surface area contributed by atoms with Crippen molar-refractivity contribution in [1.82, 2.24) is 0 Å². The zero-order chi connectivity index (χ0) is 29.8. The molecule has 237 valence electrons. The third-order valence-electron chi connectivity index (χ3n) is 8.18. The Kier molecular flexibility index (Phi) is 18.3. The SMILES string of the molecule is C1=CCCC=CCC1.CC[C@@H]1CC[C@@H](CC)P1c1ccccc1P1[C@H](CC)CC[C@H]1CC.O=S(=O)([O-])C(F)(F)F.[Rh]. The molecule has 3 nitrogen and oxygen atoms in total. The van der Waals surface area contributed by atoms with Gasteiger partial charge in [-0.1, -0.05) is 92.1 Å². The molecule has 1 radical (unpaired) electrons. The monoisotopic (exact) mass is 722 g/mol. The van der Waals surface area contributed by atoms with Crippen LogP contribution in [0.1, 0.15) is 105 Å². The van der Waals surface area contributed by atoms with Gasteiger partial charge >= 0.3 is 5.51 Å². The first-order chi connectivity index (χ1) is 19.0. The second-order valence-corrected chi connectivity index (χ2v) is 17.6. The van der Waals surface area contributed by atoms with Gasteiger partial charge in [0.1, 0.15) is 0 Å². The van der Waals surface area contributed by atoms with E-state index in [2.05, 4.69) is 76.3 Å². The number of hydrogen-bond donors (Lipinski definition) is 0. The molecule has 0 bridgehead atoms. The van der Waals surface area contributed by atoms with Crippen LogP contribution in [0.3, 0.4) is 0 Å². The molecule has 0 amide bonds. The summed E-state index contributed by atoms with van der Waals surface area (Å²) in [5.41, 5.74) is -1.69. The first kappa shape index (κ1) is 38.9. The van der Waals surface area contributed by atoms with Crippen LogP contribution in [0.4, 0.5) is 13.2 Å². The van der Waals surface area contributed by atoms with E-state index in [0.717, 1.165) is 22.6 Å². The average Bonchev–Trinajstić information content (AvgIpc) is 3.51. The van der Waals surface area contributed by atoms with E-state index in [4.69, 9.17) is 13.0 Å². The molecule has 3 aliphatic rings. The number of rotatable bonds is 6. The Bertz CT molecular complexity index is 952. The average molecular weight is 723 g/mol. The zero-order valence-electron chi connectivity index (χ0n) is 24.9. The first-order valence-electron chi connectivity index (χ1n) is 15.0. The minimum Gasteiger partial charge on any atom is -0.741 e. The van der Waals surface area contributed by atoms with E-state index in [1.165, 1.54) is 77.0 Å². The normalized spacial score (nSPS) is 25.3. The van der Waals surface area contributed by atoms with Gasteiger partial charge < -0.3 is 4.55 Å². The summed E-state index contributed by atoms with van der Waals surface area (Å²) in [7, 11) is -5.96. The van der Waals surface area contributed by atoms with Crippen molar-refractivity contribution in [1.29, 1.82) is 0 Å². The molecule has 0 spiro atoms. The van der Waals surface area contributed by atoms with Gasteiger partial charge in [-0.2, -0.15) is 13.2 Å². The van der Waals surface area contributed by atoms with E-state index < -0.39 is 15.6 Å². The van der Waals surface area contributed by atoms with Crippen molar-refractivity contribution < 1.29 is 45.6 Å². The van der Waals surface area contributed by atoms with Gasteiger partial charge in [0, 0.05) is 19.5 Å². The fourth-order valence-electron chi connectivity index (χ4n) is 6.07. The van der Waals surface area contributed by atoms with Crippen LogP contribution < -0.4 is 10.6 Å². The molecule has 41 heavy (non-hydrogen) atoms. The van der Waals surface area contributed by atoms with Gasteiger partial charge in [0.15, 0.2) is 10.1 Å². The Labute approximate surface area is 262 Å². The Balaban J connectivity index is 0.000000407. The van der Waals surface area contributed by atoms with Gasteiger partial charge in [0.2, 0.25) is 0 Å². The van der Waals surface area contributed by atoms with Crippen molar-refractivity contribution in [3.05, 3.63) is 48.6 Å². The molecule has 0 N–H and O–H groups in total. The quantitative estimate of drug-likeness (QED) is 0.0968. The summed E-state index contributed by atoms with van der Waals surface area (Å²) in [5.74, 6) is 0. The molecule has 10 heteroatoms. The van der Waals surface area contributed by atoms with Crippen LogP contribution in [0.5, 0.6) is 0 Å². The zero-order valence-corrected chi connectivity index (χ0v) is 29.2. The molecular formula is C31H48F3O3P2RhS-. The first-order valence-corrected chi connectivity index (χ1v) is 19.3. The summed E-state index contributed by atoms with van der Waals surface area (Å²) in [6.07, 6.45) is 25.5. The van der Waals surface area contributed by atoms with E-state index in [1.807, 2.05) is 10.6 Å². The Hall–Kier alpha value is -0.117. The Morgan fingerprint density at radius 1 is 0.683 bits per heavy atom. The Morgan fingerprint density at radius 2 is 0.927 bits per heavy atom. The Morgan fingerprint density at radius 3 is 1.12 bits per heavy atom. The van der Waals surface area contributed by atoms with E-state index in [1.54, 1.807) is 0 Å². The molecule has 0 unspecified atom stereocenters. The smallest absolute Gasteiger partial charge is 0.485 e. The van der Waals surface area contributed by atoms with Crippen LogP contribution >= 0.6 is 15.8 Å². The summed E-state index contributed by atoms with van der Waals surface area (Å²) in [6.45, 7) is 9.74. The van der Waals surface area contributed by atoms with Gasteiger partial charge in [-0.3, -0.25) is 0 Å². The summed E-state index contributed by atoms with van der Waals surface area (Å²) >= 11 is 0. The molecule has 2 aliphatic heterocycles. The number of benzene rings is 1. The molecule has 0 saturated carbocycles. The molecule has 1 aromatic rings. The minimum atomic E-state index is -6.09. The van der Waals surface area contributed by atoms with E-state index in [0.29, 0.717) is 0 Å². The van der Waals surface area contributed by atoms with Crippen LogP contribution in [0, 0.1) is 0 Å². The van der Waals surface area contributed by atoms with Crippen LogP contribution in [0.25, 0.3) is 0 Å². The van der Waals surface area contributed by atoms with Crippen molar-refractivity contribution in [3.63, 3.8) is 0 Å². The van der Waals surface area contributed by atoms with Crippen molar-refractivity contribution in [2.24, 2.45) is 0 Å². The van der Waals surface area contributed by atoms with Crippen LogP contribution in [0.2, 0.25) is 0 Å². The molecule has 1 aromatic carbocycles. The van der Waals surface area contributed by atoms with Crippen LogP contribution in [0.15, 0.2) is 48.6 Å². The number of hydrogen-bond acceptors (Lipinski definition) is 3. The summed E-state index contributed by atoms with van der Waals surface area (Å²) in [6, 6.07) is 9.79. The largest absolute Gasteiger partial charge is 0.741 e. The third kappa shape index (κ3) is 11.7. The molecule has 0 aromatic heterocycles. The van der Waals surface area contributed by atoms with Crippen molar-refractivity contribution in [2.75, 3.05) is 0 Å². The summed E-state index contributed by atoms with van der Waals surface area (Å²) in [4.78, 5) is 0.